The second-order valence-corrected chi connectivity index (χ2v) is 11.1. The second kappa shape index (κ2) is 11.2. The molecule has 45 heavy (non-hydrogen) atoms. The van der Waals surface area contributed by atoms with Gasteiger partial charge in [0.05, 0.1) is 34.6 Å². The van der Waals surface area contributed by atoms with Crippen LogP contribution in [0.2, 0.25) is 0 Å². The summed E-state index contributed by atoms with van der Waals surface area (Å²) in [7, 11) is 0. The maximum Gasteiger partial charge on any atom is 0.416 e. The van der Waals surface area contributed by atoms with E-state index in [1.165, 1.54) is 11.1 Å². The predicted octanol–water partition coefficient (Wildman–Crippen LogP) is 6.57. The summed E-state index contributed by atoms with van der Waals surface area (Å²) < 4.78 is 83.0. The number of carbonyl (C=O) groups excluding carboxylic acids is 1. The maximum absolute atomic E-state index is 13.9. The first-order chi connectivity index (χ1) is 21.3. The zero-order chi connectivity index (χ0) is 32.1. The average Bonchev–Trinajstić information content (AvgIpc) is 3.38. The number of rotatable bonds is 4. The maximum atomic E-state index is 13.9. The Morgan fingerprint density at radius 1 is 0.956 bits per heavy atom. The number of carboxylic acid groups (broad SMARTS) is 1. The highest BCUT2D eigenvalue weighted by Gasteiger charge is 2.41. The number of aromatic nitrogens is 3. The summed E-state index contributed by atoms with van der Waals surface area (Å²) in [6.07, 6.45) is -2.20. The van der Waals surface area contributed by atoms with Crippen molar-refractivity contribution >= 4 is 28.5 Å². The number of para-hydroxylation sites is 1. The zero-order valence-electron chi connectivity index (χ0n) is 23.4. The number of benzene rings is 2. The van der Waals surface area contributed by atoms with E-state index >= 15 is 0 Å². The molecule has 0 radical (unpaired) electrons. The molecular formula is C31H25F6N5O3. The van der Waals surface area contributed by atoms with Gasteiger partial charge in [0.15, 0.2) is 0 Å². The highest BCUT2D eigenvalue weighted by atomic mass is 19.4. The minimum atomic E-state index is -5.11. The van der Waals surface area contributed by atoms with Crippen LogP contribution >= 0.6 is 0 Å². The summed E-state index contributed by atoms with van der Waals surface area (Å²) in [5, 5.41) is 10.4. The van der Waals surface area contributed by atoms with Crippen molar-refractivity contribution in [1.29, 1.82) is 0 Å². The molecule has 0 aliphatic carbocycles. The topological polar surface area (TPSA) is 91.6 Å². The summed E-state index contributed by atoms with van der Waals surface area (Å²) in [4.78, 5) is 37.7. The molecule has 14 heteroatoms. The Hall–Kier alpha value is -4.88. The van der Waals surface area contributed by atoms with E-state index in [9.17, 15) is 41.0 Å². The van der Waals surface area contributed by atoms with Crippen LogP contribution in [0.15, 0.2) is 73.5 Å². The van der Waals surface area contributed by atoms with Gasteiger partial charge in [-0.1, -0.05) is 18.2 Å². The Morgan fingerprint density at radius 2 is 1.67 bits per heavy atom. The number of allylic oxidation sites excluding steroid dienone is 1. The Kier molecular flexibility index (Phi) is 7.53. The molecule has 0 spiro atoms. The van der Waals surface area contributed by atoms with Crippen molar-refractivity contribution in [3.8, 4) is 0 Å². The number of alkyl halides is 6. The van der Waals surface area contributed by atoms with Gasteiger partial charge in [-0.3, -0.25) is 19.3 Å². The minimum Gasteiger partial charge on any atom is -0.464 e. The van der Waals surface area contributed by atoms with Crippen LogP contribution in [0.3, 0.4) is 0 Å². The molecule has 4 aromatic rings. The fraction of sp³-hybridized carbons (Fsp3) is 0.290. The van der Waals surface area contributed by atoms with Crippen molar-refractivity contribution in [3.05, 3.63) is 101 Å². The first-order valence-electron chi connectivity index (χ1n) is 13.9. The van der Waals surface area contributed by atoms with E-state index < -0.39 is 47.1 Å². The monoisotopic (exact) mass is 629 g/mol. The highest BCUT2D eigenvalue weighted by Crippen LogP contribution is 2.38. The van der Waals surface area contributed by atoms with Crippen LogP contribution < -0.4 is 0 Å². The number of amides is 1. The number of hydrogen-bond donors (Lipinski definition) is 1. The first-order valence-corrected chi connectivity index (χ1v) is 13.9. The lowest BCUT2D eigenvalue weighted by molar-refractivity contribution is -0.143. The van der Waals surface area contributed by atoms with E-state index in [0.717, 1.165) is 10.1 Å². The number of fused-ring (bicyclic) bond motifs is 2. The molecule has 1 saturated heterocycles. The predicted molar refractivity (Wildman–Crippen MR) is 150 cm³/mol. The van der Waals surface area contributed by atoms with Gasteiger partial charge >= 0.3 is 18.4 Å². The fourth-order valence-electron chi connectivity index (χ4n) is 6.13. The quantitative estimate of drug-likeness (QED) is 0.257. The van der Waals surface area contributed by atoms with Gasteiger partial charge in [0.25, 0.3) is 5.91 Å². The number of piperazine rings is 1. The number of nitrogens with zero attached hydrogens (tertiary/aromatic N) is 5. The summed E-state index contributed by atoms with van der Waals surface area (Å²) >= 11 is 0. The van der Waals surface area contributed by atoms with Crippen LogP contribution in [-0.2, 0) is 18.8 Å². The SMILES string of the molecule is O=C(c1cc(C(F)(F)F)cc(C(F)(F)F)c1)N1C[C@H]2CCC(c3cnccn3)=CN2C[C@H]1Cc1cn(C(=O)O)c2ccccc12. The summed E-state index contributed by atoms with van der Waals surface area (Å²) in [5.41, 5.74) is -1.35. The molecule has 4 heterocycles. The number of halogens is 6. The Balaban J connectivity index is 1.41. The molecule has 2 aliphatic rings. The van der Waals surface area contributed by atoms with Gasteiger partial charge in [0, 0.05) is 54.9 Å². The van der Waals surface area contributed by atoms with Crippen LogP contribution in [0.4, 0.5) is 31.1 Å². The van der Waals surface area contributed by atoms with Crippen LogP contribution in [-0.4, -0.2) is 66.6 Å². The summed E-state index contributed by atoms with van der Waals surface area (Å²) in [5.74, 6) is -0.970. The van der Waals surface area contributed by atoms with E-state index in [1.807, 2.05) is 11.1 Å². The molecule has 2 atom stereocenters. The van der Waals surface area contributed by atoms with E-state index in [4.69, 9.17) is 0 Å². The third kappa shape index (κ3) is 5.96. The highest BCUT2D eigenvalue weighted by molar-refractivity contribution is 5.95. The van der Waals surface area contributed by atoms with E-state index in [2.05, 4.69) is 9.97 Å². The van der Waals surface area contributed by atoms with Crippen LogP contribution in [0.25, 0.3) is 16.5 Å². The third-order valence-electron chi connectivity index (χ3n) is 8.25. The molecule has 234 valence electrons. The molecule has 2 aliphatic heterocycles. The van der Waals surface area contributed by atoms with Gasteiger partial charge in [-0.25, -0.2) is 4.79 Å². The molecule has 1 fully saturated rings. The first kappa shape index (κ1) is 30.2. The Labute approximate surface area is 252 Å². The molecule has 0 unspecified atom stereocenters. The lowest BCUT2D eigenvalue weighted by atomic mass is 9.91. The smallest absolute Gasteiger partial charge is 0.416 e. The minimum absolute atomic E-state index is 0.00705. The lowest BCUT2D eigenvalue weighted by Gasteiger charge is -2.48. The largest absolute Gasteiger partial charge is 0.464 e. The van der Waals surface area contributed by atoms with E-state index in [1.54, 1.807) is 42.9 Å². The molecule has 6 rings (SSSR count). The lowest BCUT2D eigenvalue weighted by Crippen LogP contribution is -2.59. The van der Waals surface area contributed by atoms with Gasteiger partial charge in [-0.15, -0.1) is 0 Å². The molecule has 2 aromatic carbocycles. The Morgan fingerprint density at radius 3 is 2.31 bits per heavy atom. The van der Waals surface area contributed by atoms with Crippen molar-refractivity contribution in [2.24, 2.45) is 0 Å². The van der Waals surface area contributed by atoms with Crippen molar-refractivity contribution in [2.75, 3.05) is 13.1 Å². The van der Waals surface area contributed by atoms with Gasteiger partial charge < -0.3 is 14.9 Å². The molecule has 0 bridgehead atoms. The zero-order valence-corrected chi connectivity index (χ0v) is 23.4. The van der Waals surface area contributed by atoms with Crippen molar-refractivity contribution in [1.82, 2.24) is 24.3 Å². The number of carbonyl (C=O) groups is 2. The third-order valence-corrected chi connectivity index (χ3v) is 8.25. The molecule has 1 N–H and O–H groups in total. The van der Waals surface area contributed by atoms with Crippen molar-refractivity contribution < 1.29 is 41.0 Å². The van der Waals surface area contributed by atoms with Crippen LogP contribution in [0.5, 0.6) is 0 Å². The van der Waals surface area contributed by atoms with Gasteiger partial charge in [0.2, 0.25) is 0 Å². The second-order valence-electron chi connectivity index (χ2n) is 11.1. The van der Waals surface area contributed by atoms with Gasteiger partial charge in [-0.2, -0.15) is 26.3 Å². The molecule has 2 aromatic heterocycles. The fourth-order valence-corrected chi connectivity index (χ4v) is 6.13. The molecule has 8 nitrogen and oxygen atoms in total. The van der Waals surface area contributed by atoms with Crippen molar-refractivity contribution in [3.63, 3.8) is 0 Å². The Bertz CT molecular complexity index is 1770. The summed E-state index contributed by atoms with van der Waals surface area (Å²) in [6.45, 7) is 0.223. The van der Waals surface area contributed by atoms with Crippen LogP contribution in [0, 0.1) is 0 Å². The van der Waals surface area contributed by atoms with Gasteiger partial charge in [-0.05, 0) is 54.7 Å². The van der Waals surface area contributed by atoms with Crippen molar-refractivity contribution in [2.45, 2.75) is 43.7 Å². The molecule has 0 saturated carbocycles. The van der Waals surface area contributed by atoms with Crippen LogP contribution in [0.1, 0.15) is 45.6 Å². The number of hydrogen-bond acceptors (Lipinski definition) is 5. The van der Waals surface area contributed by atoms with E-state index in [-0.39, 0.29) is 31.6 Å². The molecule has 1 amide bonds. The van der Waals surface area contributed by atoms with Gasteiger partial charge in [0.1, 0.15) is 0 Å². The summed E-state index contributed by atoms with van der Waals surface area (Å²) in [6, 6.07) is 6.62. The normalized spacial score (nSPS) is 18.9. The van der Waals surface area contributed by atoms with E-state index in [0.29, 0.717) is 47.1 Å². The average molecular weight is 630 g/mol. The molecular weight excluding hydrogens is 604 g/mol. The standard InChI is InChI=1S/C31H25F6N5O3/c32-30(33,34)21-9-19(10-22(12-21)31(35,36)37)28(43)41-17-23-6-5-18(26-13-38-7-8-39-26)14-40(23)16-24(41)11-20-15-42(29(44)45)27-4-2-1-3-25(20)27/h1-4,7-10,12-15,23-24H,5-6,11,16-17H2,(H,44,45)/t23-,24-/m1/s1.